The van der Waals surface area contributed by atoms with E-state index in [-0.39, 0.29) is 0 Å². The number of fused-ring (bicyclic) bond motifs is 1. The number of amides is 1. The molecule has 0 fully saturated rings. The van der Waals surface area contributed by atoms with Crippen LogP contribution in [0.3, 0.4) is 0 Å². The van der Waals surface area contributed by atoms with Crippen molar-refractivity contribution < 1.29 is 9.53 Å². The maximum atomic E-state index is 11.8. The molecule has 0 aliphatic carbocycles. The van der Waals surface area contributed by atoms with Crippen LogP contribution in [0.2, 0.25) is 0 Å². The van der Waals surface area contributed by atoms with E-state index >= 15 is 0 Å². The molecule has 4 nitrogen and oxygen atoms in total. The Morgan fingerprint density at radius 1 is 1.00 bits per heavy atom. The van der Waals surface area contributed by atoms with E-state index in [0.29, 0.717) is 11.4 Å². The number of carbonyl (C=O) groups is 1. The largest absolute Gasteiger partial charge is 0.417 e. The Kier molecular flexibility index (Phi) is 3.29. The number of hydrogen-bond acceptors (Lipinski definition) is 3. The van der Waals surface area contributed by atoms with Crippen molar-refractivity contribution in [2.75, 3.05) is 5.32 Å². The lowest BCUT2D eigenvalue weighted by atomic mass is 10.1. The number of para-hydroxylation sites is 1. The molecular formula is C16H12N2O2. The zero-order valence-electron chi connectivity index (χ0n) is 10.6. The van der Waals surface area contributed by atoms with Crippen LogP contribution in [0.4, 0.5) is 10.5 Å². The predicted octanol–water partition coefficient (Wildman–Crippen LogP) is 3.85. The Balaban J connectivity index is 1.74. The first kappa shape index (κ1) is 12.2. The van der Waals surface area contributed by atoms with Crippen LogP contribution in [-0.2, 0) is 0 Å². The maximum absolute atomic E-state index is 11.8. The van der Waals surface area contributed by atoms with E-state index in [2.05, 4.69) is 10.3 Å². The molecule has 3 aromatic rings. The molecule has 1 heterocycles. The Labute approximate surface area is 116 Å². The number of carbonyl (C=O) groups excluding carboxylic acids is 1. The van der Waals surface area contributed by atoms with E-state index in [4.69, 9.17) is 4.74 Å². The summed E-state index contributed by atoms with van der Waals surface area (Å²) in [4.78, 5) is 15.8. The minimum atomic E-state index is -0.514. The first-order chi connectivity index (χ1) is 9.81. The van der Waals surface area contributed by atoms with Crippen molar-refractivity contribution in [1.29, 1.82) is 0 Å². The second-order valence-electron chi connectivity index (χ2n) is 4.27. The van der Waals surface area contributed by atoms with Gasteiger partial charge in [-0.1, -0.05) is 24.3 Å². The van der Waals surface area contributed by atoms with Gasteiger partial charge in [-0.25, -0.2) is 4.79 Å². The van der Waals surface area contributed by atoms with Crippen LogP contribution >= 0.6 is 0 Å². The Hall–Kier alpha value is -2.88. The standard InChI is InChI=1S/C16H12N2O2/c19-16(20-15-4-2-1-3-5-15)18-14-7-6-12-8-9-17-11-13(12)10-14/h1-11H,(H,18,19). The van der Waals surface area contributed by atoms with Crippen LogP contribution in [0.15, 0.2) is 67.0 Å². The molecule has 98 valence electrons. The van der Waals surface area contributed by atoms with Gasteiger partial charge in [0.15, 0.2) is 0 Å². The van der Waals surface area contributed by atoms with Gasteiger partial charge in [-0.05, 0) is 35.7 Å². The molecule has 0 radical (unpaired) electrons. The SMILES string of the molecule is O=C(Nc1ccc2ccncc2c1)Oc1ccccc1. The van der Waals surface area contributed by atoms with E-state index in [1.165, 1.54) is 0 Å². The monoisotopic (exact) mass is 264 g/mol. The van der Waals surface area contributed by atoms with Crippen molar-refractivity contribution in [2.45, 2.75) is 0 Å². The van der Waals surface area contributed by atoms with Gasteiger partial charge in [-0.15, -0.1) is 0 Å². The highest BCUT2D eigenvalue weighted by Gasteiger charge is 2.05. The summed E-state index contributed by atoms with van der Waals surface area (Å²) in [5, 5.41) is 4.73. The van der Waals surface area contributed by atoms with Gasteiger partial charge < -0.3 is 4.74 Å². The van der Waals surface area contributed by atoms with Crippen LogP contribution in [-0.4, -0.2) is 11.1 Å². The highest BCUT2D eigenvalue weighted by molar-refractivity contribution is 5.91. The second-order valence-corrected chi connectivity index (χ2v) is 4.27. The number of aromatic nitrogens is 1. The van der Waals surface area contributed by atoms with E-state index < -0.39 is 6.09 Å². The highest BCUT2D eigenvalue weighted by Crippen LogP contribution is 2.18. The van der Waals surface area contributed by atoms with Gasteiger partial charge in [0, 0.05) is 23.5 Å². The number of nitrogens with zero attached hydrogens (tertiary/aromatic N) is 1. The number of ether oxygens (including phenoxy) is 1. The summed E-state index contributed by atoms with van der Waals surface area (Å²) in [6.07, 6.45) is 2.97. The van der Waals surface area contributed by atoms with E-state index in [1.807, 2.05) is 42.5 Å². The van der Waals surface area contributed by atoms with Gasteiger partial charge in [0.25, 0.3) is 0 Å². The molecule has 0 aliphatic rings. The molecule has 0 spiro atoms. The molecule has 20 heavy (non-hydrogen) atoms. The third-order valence-corrected chi connectivity index (χ3v) is 2.84. The van der Waals surface area contributed by atoms with Crippen molar-refractivity contribution >= 4 is 22.6 Å². The molecule has 0 saturated carbocycles. The molecule has 0 bridgehead atoms. The third kappa shape index (κ3) is 2.75. The van der Waals surface area contributed by atoms with E-state index in [9.17, 15) is 4.79 Å². The molecule has 1 N–H and O–H groups in total. The fraction of sp³-hybridized carbons (Fsp3) is 0. The summed E-state index contributed by atoms with van der Waals surface area (Å²) in [6, 6.07) is 16.5. The quantitative estimate of drug-likeness (QED) is 0.765. The van der Waals surface area contributed by atoms with Crippen LogP contribution in [0.1, 0.15) is 0 Å². The summed E-state index contributed by atoms with van der Waals surface area (Å²) in [5.41, 5.74) is 0.673. The van der Waals surface area contributed by atoms with Crippen LogP contribution < -0.4 is 10.1 Å². The lowest BCUT2D eigenvalue weighted by Gasteiger charge is -2.07. The Morgan fingerprint density at radius 2 is 1.85 bits per heavy atom. The number of anilines is 1. The first-order valence-corrected chi connectivity index (χ1v) is 6.19. The van der Waals surface area contributed by atoms with Gasteiger partial charge in [0.2, 0.25) is 0 Å². The number of hydrogen-bond donors (Lipinski definition) is 1. The van der Waals surface area contributed by atoms with Gasteiger partial charge in [-0.2, -0.15) is 0 Å². The van der Waals surface area contributed by atoms with Crippen LogP contribution in [0.25, 0.3) is 10.8 Å². The lowest BCUT2D eigenvalue weighted by Crippen LogP contribution is -2.16. The Morgan fingerprint density at radius 3 is 2.70 bits per heavy atom. The van der Waals surface area contributed by atoms with Crippen molar-refractivity contribution in [1.82, 2.24) is 4.98 Å². The molecule has 2 aromatic carbocycles. The molecule has 0 unspecified atom stereocenters. The van der Waals surface area contributed by atoms with Gasteiger partial charge >= 0.3 is 6.09 Å². The summed E-state index contributed by atoms with van der Waals surface area (Å²) in [6.45, 7) is 0. The molecular weight excluding hydrogens is 252 g/mol. The van der Waals surface area contributed by atoms with Crippen LogP contribution in [0, 0.1) is 0 Å². The van der Waals surface area contributed by atoms with Crippen molar-refractivity contribution in [3.8, 4) is 5.75 Å². The normalized spacial score (nSPS) is 10.2. The van der Waals surface area contributed by atoms with Crippen LogP contribution in [0.5, 0.6) is 5.75 Å². The summed E-state index contributed by atoms with van der Waals surface area (Å²) >= 11 is 0. The Bertz CT molecular complexity index is 742. The molecule has 1 aromatic heterocycles. The number of benzene rings is 2. The topological polar surface area (TPSA) is 51.2 Å². The van der Waals surface area contributed by atoms with E-state index in [0.717, 1.165) is 10.8 Å². The van der Waals surface area contributed by atoms with Gasteiger partial charge in [0.05, 0.1) is 0 Å². The van der Waals surface area contributed by atoms with E-state index in [1.54, 1.807) is 24.5 Å². The third-order valence-electron chi connectivity index (χ3n) is 2.84. The fourth-order valence-corrected chi connectivity index (χ4v) is 1.90. The smallest absolute Gasteiger partial charge is 0.410 e. The minimum Gasteiger partial charge on any atom is -0.410 e. The molecule has 0 aliphatic heterocycles. The zero-order chi connectivity index (χ0) is 13.8. The molecule has 4 heteroatoms. The summed E-state index contributed by atoms with van der Waals surface area (Å²) in [7, 11) is 0. The number of nitrogens with one attached hydrogen (secondary N) is 1. The fourth-order valence-electron chi connectivity index (χ4n) is 1.90. The number of pyridine rings is 1. The molecule has 3 rings (SSSR count). The maximum Gasteiger partial charge on any atom is 0.417 e. The molecule has 0 saturated heterocycles. The zero-order valence-corrected chi connectivity index (χ0v) is 10.6. The summed E-state index contributed by atoms with van der Waals surface area (Å²) < 4.78 is 5.16. The van der Waals surface area contributed by atoms with Crippen molar-refractivity contribution in [2.24, 2.45) is 0 Å². The first-order valence-electron chi connectivity index (χ1n) is 6.19. The molecule has 1 amide bonds. The highest BCUT2D eigenvalue weighted by atomic mass is 16.6. The van der Waals surface area contributed by atoms with Gasteiger partial charge in [-0.3, -0.25) is 10.3 Å². The second kappa shape index (κ2) is 5.40. The summed E-state index contributed by atoms with van der Waals surface area (Å²) in [5.74, 6) is 0.507. The average molecular weight is 264 g/mol. The number of rotatable bonds is 2. The molecule has 0 atom stereocenters. The van der Waals surface area contributed by atoms with Gasteiger partial charge in [0.1, 0.15) is 5.75 Å². The average Bonchev–Trinajstić information content (AvgIpc) is 2.48. The minimum absolute atomic E-state index is 0.507. The lowest BCUT2D eigenvalue weighted by molar-refractivity contribution is 0.215. The van der Waals surface area contributed by atoms with Crippen molar-refractivity contribution in [3.63, 3.8) is 0 Å². The van der Waals surface area contributed by atoms with Crippen molar-refractivity contribution in [3.05, 3.63) is 67.0 Å². The predicted molar refractivity (Wildman–Crippen MR) is 77.8 cm³/mol.